The van der Waals surface area contributed by atoms with E-state index in [2.05, 4.69) is 10.6 Å². The topological polar surface area (TPSA) is 84.5 Å². The first-order valence-corrected chi connectivity index (χ1v) is 10.4. The second kappa shape index (κ2) is 11.2. The molecule has 2 N–H and O–H groups in total. The molecule has 0 aliphatic heterocycles. The molecule has 6 nitrogen and oxygen atoms in total. The van der Waals surface area contributed by atoms with E-state index in [-0.39, 0.29) is 5.69 Å². The van der Waals surface area contributed by atoms with E-state index in [4.69, 9.17) is 4.74 Å². The maximum atomic E-state index is 13.8. The van der Waals surface area contributed by atoms with Crippen molar-refractivity contribution in [1.29, 1.82) is 0 Å². The maximum absolute atomic E-state index is 13.8. The van der Waals surface area contributed by atoms with Gasteiger partial charge in [-0.25, -0.2) is 9.18 Å². The lowest BCUT2D eigenvalue weighted by Gasteiger charge is -2.17. The molecule has 2 aromatic carbocycles. The molecule has 29 heavy (non-hydrogen) atoms. The number of thioether (sulfide) groups is 1. The number of halogens is 1. The summed E-state index contributed by atoms with van der Waals surface area (Å²) >= 11 is 1.52. The number of benzene rings is 2. The highest BCUT2D eigenvalue weighted by molar-refractivity contribution is 7.98. The smallest absolute Gasteiger partial charge is 0.329 e. The average Bonchev–Trinajstić information content (AvgIpc) is 2.71. The number of ether oxygens (including phenoxy) is 1. The van der Waals surface area contributed by atoms with Crippen LogP contribution in [0.4, 0.5) is 10.1 Å². The Labute approximate surface area is 173 Å². The van der Waals surface area contributed by atoms with Gasteiger partial charge in [-0.15, -0.1) is 0 Å². The minimum atomic E-state index is -0.890. The Bertz CT molecular complexity index is 861. The van der Waals surface area contributed by atoms with Gasteiger partial charge in [0, 0.05) is 5.56 Å². The van der Waals surface area contributed by atoms with E-state index in [1.54, 1.807) is 43.3 Å². The maximum Gasteiger partial charge on any atom is 0.329 e. The van der Waals surface area contributed by atoms with Crippen molar-refractivity contribution in [2.24, 2.45) is 0 Å². The summed E-state index contributed by atoms with van der Waals surface area (Å²) in [5.74, 6) is -1.74. The summed E-state index contributed by atoms with van der Waals surface area (Å²) in [5, 5.41) is 5.00. The van der Waals surface area contributed by atoms with Crippen molar-refractivity contribution in [3.05, 3.63) is 65.5 Å². The quantitative estimate of drug-likeness (QED) is 0.611. The number of esters is 1. The van der Waals surface area contributed by atoms with Crippen molar-refractivity contribution in [2.75, 3.05) is 23.9 Å². The Morgan fingerprint density at radius 2 is 1.86 bits per heavy atom. The summed E-state index contributed by atoms with van der Waals surface area (Å²) < 4.78 is 18.8. The molecule has 0 fully saturated rings. The molecule has 0 spiro atoms. The van der Waals surface area contributed by atoms with Crippen LogP contribution in [0, 0.1) is 12.7 Å². The molecular weight excluding hydrogens is 395 g/mol. The van der Waals surface area contributed by atoms with Gasteiger partial charge in [0.2, 0.25) is 0 Å². The van der Waals surface area contributed by atoms with Gasteiger partial charge in [-0.3, -0.25) is 9.59 Å². The Balaban J connectivity index is 1.92. The largest absolute Gasteiger partial charge is 0.454 e. The zero-order valence-electron chi connectivity index (χ0n) is 16.2. The van der Waals surface area contributed by atoms with E-state index in [0.717, 1.165) is 5.56 Å². The van der Waals surface area contributed by atoms with Gasteiger partial charge < -0.3 is 15.4 Å². The molecule has 1 atom stereocenters. The molecule has 2 rings (SSSR count). The van der Waals surface area contributed by atoms with Crippen molar-refractivity contribution in [3.63, 3.8) is 0 Å². The number of rotatable bonds is 9. The van der Waals surface area contributed by atoms with E-state index in [0.29, 0.717) is 17.7 Å². The third-order valence-corrected chi connectivity index (χ3v) is 4.62. The summed E-state index contributed by atoms with van der Waals surface area (Å²) in [7, 11) is 0. The molecule has 0 bridgehead atoms. The van der Waals surface area contributed by atoms with Crippen molar-refractivity contribution >= 4 is 35.2 Å². The Morgan fingerprint density at radius 3 is 2.52 bits per heavy atom. The summed E-state index contributed by atoms with van der Waals surface area (Å²) in [6, 6.07) is 12.0. The van der Waals surface area contributed by atoms with Crippen LogP contribution in [0.1, 0.15) is 22.3 Å². The number of aryl methyl sites for hydroxylation is 1. The van der Waals surface area contributed by atoms with Crippen molar-refractivity contribution in [3.8, 4) is 0 Å². The predicted octanol–water partition coefficient (Wildman–Crippen LogP) is 3.17. The van der Waals surface area contributed by atoms with Gasteiger partial charge in [-0.05, 0) is 55.2 Å². The van der Waals surface area contributed by atoms with Gasteiger partial charge in [-0.1, -0.05) is 24.3 Å². The van der Waals surface area contributed by atoms with Crippen LogP contribution in [0.5, 0.6) is 0 Å². The molecule has 0 aromatic heterocycles. The van der Waals surface area contributed by atoms with E-state index >= 15 is 0 Å². The fourth-order valence-corrected chi connectivity index (χ4v) is 2.93. The lowest BCUT2D eigenvalue weighted by molar-refractivity contribution is -0.149. The van der Waals surface area contributed by atoms with Crippen LogP contribution in [0.15, 0.2) is 48.5 Å². The van der Waals surface area contributed by atoms with Gasteiger partial charge in [0.15, 0.2) is 6.61 Å². The van der Waals surface area contributed by atoms with E-state index in [1.165, 1.54) is 23.9 Å². The summed E-state index contributed by atoms with van der Waals surface area (Å²) in [5.41, 5.74) is 1.15. The highest BCUT2D eigenvalue weighted by Gasteiger charge is 2.23. The zero-order valence-corrected chi connectivity index (χ0v) is 17.1. The van der Waals surface area contributed by atoms with Gasteiger partial charge in [0.25, 0.3) is 11.8 Å². The van der Waals surface area contributed by atoms with E-state index < -0.39 is 36.2 Å². The molecule has 0 heterocycles. The van der Waals surface area contributed by atoms with Crippen LogP contribution in [0.3, 0.4) is 0 Å². The monoisotopic (exact) mass is 418 g/mol. The van der Waals surface area contributed by atoms with Gasteiger partial charge >= 0.3 is 5.97 Å². The molecule has 8 heteroatoms. The number of carbonyl (C=O) groups excluding carboxylic acids is 3. The van der Waals surface area contributed by atoms with Crippen LogP contribution in [-0.2, 0) is 14.3 Å². The van der Waals surface area contributed by atoms with Crippen LogP contribution in [-0.4, -0.2) is 42.4 Å². The summed E-state index contributed by atoms with van der Waals surface area (Å²) in [4.78, 5) is 36.7. The van der Waals surface area contributed by atoms with Crippen molar-refractivity contribution < 1.29 is 23.5 Å². The highest BCUT2D eigenvalue weighted by Crippen LogP contribution is 2.15. The number of amides is 2. The SMILES string of the molecule is CSCCC(NC(=O)c1ccccc1)C(=O)OCC(=O)Nc1ccc(C)cc1F. The molecule has 2 amide bonds. The lowest BCUT2D eigenvalue weighted by atomic mass is 10.1. The van der Waals surface area contributed by atoms with Crippen molar-refractivity contribution in [2.45, 2.75) is 19.4 Å². The van der Waals surface area contributed by atoms with E-state index in [1.807, 2.05) is 6.26 Å². The zero-order chi connectivity index (χ0) is 21.2. The molecule has 0 saturated heterocycles. The fraction of sp³-hybridized carbons (Fsp3) is 0.286. The number of anilines is 1. The lowest BCUT2D eigenvalue weighted by Crippen LogP contribution is -2.43. The van der Waals surface area contributed by atoms with Gasteiger partial charge in [0.1, 0.15) is 11.9 Å². The average molecular weight is 418 g/mol. The van der Waals surface area contributed by atoms with Crippen molar-refractivity contribution in [1.82, 2.24) is 5.32 Å². The number of hydrogen-bond acceptors (Lipinski definition) is 5. The Morgan fingerprint density at radius 1 is 1.14 bits per heavy atom. The Hall–Kier alpha value is -2.87. The first-order chi connectivity index (χ1) is 13.9. The standard InChI is InChI=1S/C21H23FN2O4S/c1-14-8-9-17(16(22)12-14)23-19(25)13-28-21(27)18(10-11-29-2)24-20(26)15-6-4-3-5-7-15/h3-9,12,18H,10-11,13H2,1-2H3,(H,23,25)(H,24,26). The number of carbonyl (C=O) groups is 3. The molecule has 2 aromatic rings. The minimum Gasteiger partial charge on any atom is -0.454 e. The van der Waals surface area contributed by atoms with Gasteiger partial charge in [0.05, 0.1) is 5.69 Å². The van der Waals surface area contributed by atoms with Gasteiger partial charge in [-0.2, -0.15) is 11.8 Å². The third kappa shape index (κ3) is 7.23. The van der Waals surface area contributed by atoms with Crippen LogP contribution in [0.2, 0.25) is 0 Å². The molecule has 0 saturated carbocycles. The predicted molar refractivity (Wildman–Crippen MR) is 111 cm³/mol. The molecular formula is C21H23FN2O4S. The first kappa shape index (κ1) is 22.4. The normalized spacial score (nSPS) is 11.4. The summed E-state index contributed by atoms with van der Waals surface area (Å²) in [6.07, 6.45) is 2.23. The molecule has 0 aliphatic carbocycles. The molecule has 0 aliphatic rings. The van der Waals surface area contributed by atoms with Crippen LogP contribution >= 0.6 is 11.8 Å². The van der Waals surface area contributed by atoms with Crippen LogP contribution in [0.25, 0.3) is 0 Å². The minimum absolute atomic E-state index is 0.00737. The van der Waals surface area contributed by atoms with Crippen LogP contribution < -0.4 is 10.6 Å². The Kier molecular flexibility index (Phi) is 8.67. The highest BCUT2D eigenvalue weighted by atomic mass is 32.2. The second-order valence-corrected chi connectivity index (χ2v) is 7.30. The number of hydrogen-bond donors (Lipinski definition) is 2. The number of nitrogens with one attached hydrogen (secondary N) is 2. The second-order valence-electron chi connectivity index (χ2n) is 6.31. The molecule has 0 radical (unpaired) electrons. The fourth-order valence-electron chi connectivity index (χ4n) is 2.46. The molecule has 154 valence electrons. The van der Waals surface area contributed by atoms with E-state index in [9.17, 15) is 18.8 Å². The third-order valence-electron chi connectivity index (χ3n) is 3.98. The summed E-state index contributed by atoms with van der Waals surface area (Å²) in [6.45, 7) is 1.15. The molecule has 1 unspecified atom stereocenters. The first-order valence-electron chi connectivity index (χ1n) is 8.98.